The molecular weight excluding hydrogens is 388 g/mol. The van der Waals surface area contributed by atoms with E-state index in [1.54, 1.807) is 12.1 Å². The minimum atomic E-state index is -0.733. The number of fused-ring (bicyclic) bond motifs is 1. The summed E-state index contributed by atoms with van der Waals surface area (Å²) in [5.74, 6) is 0.752. The van der Waals surface area contributed by atoms with Crippen LogP contribution in [0.5, 0.6) is 11.5 Å². The molecule has 0 bridgehead atoms. The number of ketones is 1. The van der Waals surface area contributed by atoms with E-state index in [9.17, 15) is 9.59 Å². The second-order valence-electron chi connectivity index (χ2n) is 6.75. The highest BCUT2D eigenvalue weighted by molar-refractivity contribution is 7.18. The molecule has 1 aromatic heterocycles. The Morgan fingerprint density at radius 2 is 1.81 bits per heavy atom. The molecule has 0 atom stereocenters. The van der Waals surface area contributed by atoms with Crippen LogP contribution in [0.25, 0.3) is 0 Å². The minimum Gasteiger partial charge on any atom is -0.486 e. The molecule has 1 aromatic carbocycles. The topological polar surface area (TPSA) is 61.8 Å². The number of carbonyl (C=O) groups is 2. The van der Waals surface area contributed by atoms with Crippen LogP contribution in [0.2, 0.25) is 4.34 Å². The smallest absolute Gasteiger partial charge is 0.317 e. The molecule has 0 amide bonds. The zero-order chi connectivity index (χ0) is 18.9. The lowest BCUT2D eigenvalue weighted by atomic mass is 9.78. The van der Waals surface area contributed by atoms with Gasteiger partial charge in [-0.2, -0.15) is 0 Å². The van der Waals surface area contributed by atoms with Crippen molar-refractivity contribution in [2.45, 2.75) is 31.1 Å². The molecule has 2 aliphatic rings. The largest absolute Gasteiger partial charge is 0.486 e. The van der Waals surface area contributed by atoms with Crippen molar-refractivity contribution in [2.75, 3.05) is 19.8 Å². The Morgan fingerprint density at radius 3 is 2.52 bits per heavy atom. The van der Waals surface area contributed by atoms with E-state index in [1.165, 1.54) is 11.3 Å². The fourth-order valence-electron chi connectivity index (χ4n) is 3.73. The quantitative estimate of drug-likeness (QED) is 0.543. The van der Waals surface area contributed by atoms with Crippen LogP contribution in [0.1, 0.15) is 40.9 Å². The van der Waals surface area contributed by atoms with Gasteiger partial charge in [-0.25, -0.2) is 0 Å². The summed E-state index contributed by atoms with van der Waals surface area (Å²) in [5, 5.41) is 0. The first-order valence-corrected chi connectivity index (χ1v) is 10.1. The fourth-order valence-corrected chi connectivity index (χ4v) is 4.70. The maximum absolute atomic E-state index is 13.0. The number of rotatable bonds is 5. The number of benzene rings is 1. The Balaban J connectivity index is 1.53. The van der Waals surface area contributed by atoms with E-state index in [0.29, 0.717) is 46.8 Å². The third-order valence-corrected chi connectivity index (χ3v) is 6.40. The summed E-state index contributed by atoms with van der Waals surface area (Å²) in [5.41, 5.74) is 0.129. The summed E-state index contributed by atoms with van der Waals surface area (Å²) < 4.78 is 17.2. The van der Waals surface area contributed by atoms with Crippen LogP contribution in [-0.2, 0) is 14.9 Å². The second kappa shape index (κ2) is 7.52. The van der Waals surface area contributed by atoms with E-state index >= 15 is 0 Å². The number of carbonyl (C=O) groups excluding carboxylic acids is 2. The number of hydrogen-bond acceptors (Lipinski definition) is 6. The highest BCUT2D eigenvalue weighted by Crippen LogP contribution is 2.45. The number of thiophene rings is 1. The Bertz CT molecular complexity index is 869. The predicted octanol–water partition coefficient (Wildman–Crippen LogP) is 4.41. The van der Waals surface area contributed by atoms with E-state index in [0.717, 1.165) is 18.4 Å². The van der Waals surface area contributed by atoms with E-state index in [-0.39, 0.29) is 18.4 Å². The number of ether oxygens (including phenoxy) is 3. The van der Waals surface area contributed by atoms with E-state index in [4.69, 9.17) is 25.8 Å². The SMILES string of the molecule is O=C(COC(=O)C1(c2ccc3c(c2)OCCO3)CCCC1)c1ccc(Cl)s1. The lowest BCUT2D eigenvalue weighted by Crippen LogP contribution is -2.36. The first-order chi connectivity index (χ1) is 13.1. The summed E-state index contributed by atoms with van der Waals surface area (Å²) >= 11 is 7.05. The molecule has 0 unspecified atom stereocenters. The number of halogens is 1. The van der Waals surface area contributed by atoms with Crippen molar-refractivity contribution < 1.29 is 23.8 Å². The van der Waals surface area contributed by atoms with Gasteiger partial charge in [-0.1, -0.05) is 30.5 Å². The molecule has 2 aromatic rings. The Morgan fingerprint density at radius 1 is 1.07 bits per heavy atom. The van der Waals surface area contributed by atoms with Crippen LogP contribution in [0.3, 0.4) is 0 Å². The maximum atomic E-state index is 13.0. The monoisotopic (exact) mass is 406 g/mol. The predicted molar refractivity (Wildman–Crippen MR) is 102 cm³/mol. The molecule has 0 saturated heterocycles. The van der Waals surface area contributed by atoms with Gasteiger partial charge in [-0.3, -0.25) is 9.59 Å². The van der Waals surface area contributed by atoms with Crippen molar-refractivity contribution in [1.29, 1.82) is 0 Å². The summed E-state index contributed by atoms with van der Waals surface area (Å²) in [4.78, 5) is 25.7. The van der Waals surface area contributed by atoms with Crippen LogP contribution >= 0.6 is 22.9 Å². The summed E-state index contributed by atoms with van der Waals surface area (Å²) in [6, 6.07) is 8.93. The average molecular weight is 407 g/mol. The molecule has 7 heteroatoms. The van der Waals surface area contributed by atoms with Gasteiger partial charge in [0.1, 0.15) is 13.2 Å². The van der Waals surface area contributed by atoms with Gasteiger partial charge in [-0.15, -0.1) is 11.3 Å². The van der Waals surface area contributed by atoms with Crippen molar-refractivity contribution >= 4 is 34.7 Å². The molecule has 1 aliphatic heterocycles. The van der Waals surface area contributed by atoms with E-state index in [1.807, 2.05) is 18.2 Å². The third kappa shape index (κ3) is 3.56. The van der Waals surface area contributed by atoms with Gasteiger partial charge in [0.25, 0.3) is 0 Å². The second-order valence-corrected chi connectivity index (χ2v) is 8.47. The normalized spacial score (nSPS) is 17.5. The van der Waals surface area contributed by atoms with Crippen molar-refractivity contribution in [3.05, 3.63) is 45.1 Å². The molecule has 1 fully saturated rings. The summed E-state index contributed by atoms with van der Waals surface area (Å²) in [6.45, 7) is 0.738. The first-order valence-electron chi connectivity index (χ1n) is 8.94. The number of hydrogen-bond donors (Lipinski definition) is 0. The van der Waals surface area contributed by atoms with Gasteiger partial charge in [0.05, 0.1) is 14.6 Å². The van der Waals surface area contributed by atoms with E-state index < -0.39 is 5.41 Å². The van der Waals surface area contributed by atoms with Gasteiger partial charge >= 0.3 is 5.97 Å². The first kappa shape index (κ1) is 18.3. The van der Waals surface area contributed by atoms with Crippen LogP contribution in [0.4, 0.5) is 0 Å². The molecule has 0 spiro atoms. The molecule has 5 nitrogen and oxygen atoms in total. The Labute approximate surface area is 166 Å². The van der Waals surface area contributed by atoms with Crippen LogP contribution < -0.4 is 9.47 Å². The highest BCUT2D eigenvalue weighted by Gasteiger charge is 2.45. The lowest BCUT2D eigenvalue weighted by molar-refractivity contribution is -0.149. The minimum absolute atomic E-state index is 0.240. The zero-order valence-corrected chi connectivity index (χ0v) is 16.2. The molecule has 4 rings (SSSR count). The van der Waals surface area contributed by atoms with Crippen molar-refractivity contribution in [1.82, 2.24) is 0 Å². The fraction of sp³-hybridized carbons (Fsp3) is 0.400. The maximum Gasteiger partial charge on any atom is 0.317 e. The van der Waals surface area contributed by atoms with Gasteiger partial charge in [0.2, 0.25) is 5.78 Å². The van der Waals surface area contributed by atoms with Crippen molar-refractivity contribution in [2.24, 2.45) is 0 Å². The standard InChI is InChI=1S/C20H19ClO5S/c21-18-6-5-17(27-18)14(22)12-26-19(23)20(7-1-2-8-20)13-3-4-15-16(11-13)25-10-9-24-15/h3-6,11H,1-2,7-10,12H2. The van der Waals surface area contributed by atoms with Crippen molar-refractivity contribution in [3.63, 3.8) is 0 Å². The van der Waals surface area contributed by atoms with Gasteiger partial charge < -0.3 is 14.2 Å². The van der Waals surface area contributed by atoms with Gasteiger partial charge in [-0.05, 0) is 42.7 Å². The summed E-state index contributed by atoms with van der Waals surface area (Å²) in [7, 11) is 0. The lowest BCUT2D eigenvalue weighted by Gasteiger charge is -2.28. The van der Waals surface area contributed by atoms with Crippen LogP contribution in [0, 0.1) is 0 Å². The summed E-state index contributed by atoms with van der Waals surface area (Å²) in [6.07, 6.45) is 3.28. The van der Waals surface area contributed by atoms with Crippen LogP contribution in [-0.4, -0.2) is 31.6 Å². The molecule has 0 radical (unpaired) electrons. The van der Waals surface area contributed by atoms with Gasteiger partial charge in [0.15, 0.2) is 18.1 Å². The third-order valence-electron chi connectivity index (χ3n) is 5.12. The van der Waals surface area contributed by atoms with Crippen molar-refractivity contribution in [3.8, 4) is 11.5 Å². The molecular formula is C20H19ClO5S. The number of Topliss-reactive ketones (excluding diaryl/α,β-unsaturated/α-hetero) is 1. The Hall–Kier alpha value is -2.05. The molecule has 2 heterocycles. The highest BCUT2D eigenvalue weighted by atomic mass is 35.5. The molecule has 1 saturated carbocycles. The number of esters is 1. The molecule has 1 aliphatic carbocycles. The molecule has 27 heavy (non-hydrogen) atoms. The average Bonchev–Trinajstić information content (AvgIpc) is 3.35. The molecule has 0 N–H and O–H groups in total. The Kier molecular flexibility index (Phi) is 5.10. The van der Waals surface area contributed by atoms with Crippen LogP contribution in [0.15, 0.2) is 30.3 Å². The zero-order valence-electron chi connectivity index (χ0n) is 14.7. The van der Waals surface area contributed by atoms with E-state index in [2.05, 4.69) is 0 Å². The molecule has 142 valence electrons. The van der Waals surface area contributed by atoms with Gasteiger partial charge in [0, 0.05) is 0 Å².